The standard InChI is InChI=1S/C5H9F3.K.H/c1-2-3-4-5(6,7)8;;/h2-4H2,1H3;;/q;+1;-1. The van der Waals surface area contributed by atoms with Crippen LogP contribution in [0.1, 0.15) is 27.6 Å². The van der Waals surface area contributed by atoms with E-state index < -0.39 is 12.6 Å². The molecule has 0 aliphatic carbocycles. The molecule has 52 valence electrons. The van der Waals surface area contributed by atoms with Crippen LogP contribution in [0.15, 0.2) is 0 Å². The first-order chi connectivity index (χ1) is 3.56. The van der Waals surface area contributed by atoms with Crippen molar-refractivity contribution in [3.8, 4) is 0 Å². The van der Waals surface area contributed by atoms with Crippen LogP contribution < -0.4 is 51.4 Å². The fourth-order valence-corrected chi connectivity index (χ4v) is 0.377. The predicted molar refractivity (Wildman–Crippen MR) is 26.7 cm³/mol. The van der Waals surface area contributed by atoms with Crippen molar-refractivity contribution in [2.24, 2.45) is 0 Å². The maximum Gasteiger partial charge on any atom is 1.00 e. The molecule has 0 heterocycles. The molecule has 0 amide bonds. The molecule has 0 fully saturated rings. The number of halogens is 3. The molecule has 0 N–H and O–H groups in total. The Morgan fingerprint density at radius 1 is 1.33 bits per heavy atom. The number of alkyl halides is 3. The Morgan fingerprint density at radius 2 is 1.78 bits per heavy atom. The number of hydrogen-bond acceptors (Lipinski definition) is 0. The molecule has 0 rings (SSSR count). The Bertz CT molecular complexity index is 64.4. The third-order valence-corrected chi connectivity index (χ3v) is 0.814. The Hall–Kier alpha value is 1.43. The molecule has 0 aliphatic heterocycles. The van der Waals surface area contributed by atoms with E-state index in [0.29, 0.717) is 6.42 Å². The van der Waals surface area contributed by atoms with Gasteiger partial charge in [0.1, 0.15) is 0 Å². The van der Waals surface area contributed by atoms with Gasteiger partial charge in [-0.15, -0.1) is 0 Å². The van der Waals surface area contributed by atoms with Crippen LogP contribution in [0.2, 0.25) is 0 Å². The van der Waals surface area contributed by atoms with Gasteiger partial charge in [-0.05, 0) is 6.42 Å². The van der Waals surface area contributed by atoms with Crippen molar-refractivity contribution in [2.75, 3.05) is 0 Å². The van der Waals surface area contributed by atoms with E-state index in [-0.39, 0.29) is 59.2 Å². The van der Waals surface area contributed by atoms with Gasteiger partial charge in [0.05, 0.1) is 0 Å². The van der Waals surface area contributed by atoms with Gasteiger partial charge in [-0.25, -0.2) is 0 Å². The molecule has 0 saturated heterocycles. The molecule has 4 heteroatoms. The van der Waals surface area contributed by atoms with E-state index in [9.17, 15) is 13.2 Å². The van der Waals surface area contributed by atoms with Gasteiger partial charge in [-0.3, -0.25) is 0 Å². The van der Waals surface area contributed by atoms with Crippen LogP contribution >= 0.6 is 0 Å². The second-order valence-corrected chi connectivity index (χ2v) is 1.72. The van der Waals surface area contributed by atoms with E-state index in [1.54, 1.807) is 6.92 Å². The zero-order chi connectivity index (χ0) is 6.62. The zero-order valence-corrected chi connectivity index (χ0v) is 8.88. The molecule has 0 unspecified atom stereocenters. The van der Waals surface area contributed by atoms with Gasteiger partial charge in [-0.1, -0.05) is 13.3 Å². The monoisotopic (exact) mass is 166 g/mol. The van der Waals surface area contributed by atoms with Crippen LogP contribution in [-0.4, -0.2) is 6.18 Å². The zero-order valence-electron chi connectivity index (χ0n) is 6.76. The van der Waals surface area contributed by atoms with Crippen molar-refractivity contribution < 1.29 is 66.0 Å². The molecule has 0 aromatic heterocycles. The van der Waals surface area contributed by atoms with Crippen LogP contribution in [0, 0.1) is 0 Å². The summed E-state index contributed by atoms with van der Waals surface area (Å²) in [4.78, 5) is 0. The third kappa shape index (κ3) is 12.6. The summed E-state index contributed by atoms with van der Waals surface area (Å²) in [5.41, 5.74) is 0. The van der Waals surface area contributed by atoms with Crippen molar-refractivity contribution in [2.45, 2.75) is 32.4 Å². The minimum atomic E-state index is -3.95. The van der Waals surface area contributed by atoms with Crippen LogP contribution in [-0.2, 0) is 0 Å². The molecule has 0 bridgehead atoms. The van der Waals surface area contributed by atoms with Crippen LogP contribution in [0.25, 0.3) is 0 Å². The average molecular weight is 166 g/mol. The number of rotatable bonds is 2. The number of unbranched alkanes of at least 4 members (excludes halogenated alkanes) is 1. The molecule has 0 spiro atoms. The SMILES string of the molecule is CCCCC(F)(F)F.[H-].[K+]. The molecule has 0 aromatic carbocycles. The molecule has 0 radical (unpaired) electrons. The Labute approximate surface area is 97.1 Å². The summed E-state index contributed by atoms with van der Waals surface area (Å²) in [6, 6.07) is 0. The predicted octanol–water partition coefficient (Wildman–Crippen LogP) is -0.145. The maximum atomic E-state index is 11.2. The van der Waals surface area contributed by atoms with Gasteiger partial charge in [-0.2, -0.15) is 13.2 Å². The summed E-state index contributed by atoms with van der Waals surface area (Å²) < 4.78 is 33.7. The van der Waals surface area contributed by atoms with Crippen LogP contribution in [0.4, 0.5) is 13.2 Å². The van der Waals surface area contributed by atoms with Crippen molar-refractivity contribution in [1.82, 2.24) is 0 Å². The van der Waals surface area contributed by atoms with Crippen molar-refractivity contribution >= 4 is 0 Å². The van der Waals surface area contributed by atoms with Gasteiger partial charge < -0.3 is 1.43 Å². The molecule has 0 aromatic rings. The van der Waals surface area contributed by atoms with Crippen LogP contribution in [0.5, 0.6) is 0 Å². The number of hydrogen-bond donors (Lipinski definition) is 0. The maximum absolute atomic E-state index is 11.2. The largest absolute Gasteiger partial charge is 1.00 e. The summed E-state index contributed by atoms with van der Waals surface area (Å²) in [5, 5.41) is 0. The first-order valence-corrected chi connectivity index (χ1v) is 2.63. The molecule has 0 aliphatic rings. The van der Waals surface area contributed by atoms with E-state index in [1.807, 2.05) is 0 Å². The third-order valence-electron chi connectivity index (χ3n) is 0.814. The summed E-state index contributed by atoms with van der Waals surface area (Å²) in [6.45, 7) is 1.74. The molecule has 0 nitrogen and oxygen atoms in total. The first-order valence-electron chi connectivity index (χ1n) is 2.63. The van der Waals surface area contributed by atoms with Gasteiger partial charge in [0.2, 0.25) is 0 Å². The van der Waals surface area contributed by atoms with Crippen molar-refractivity contribution in [3.63, 3.8) is 0 Å². The molecule has 9 heavy (non-hydrogen) atoms. The van der Waals surface area contributed by atoms with Crippen molar-refractivity contribution in [3.05, 3.63) is 0 Å². The Kier molecular flexibility index (Phi) is 8.93. The fourth-order valence-electron chi connectivity index (χ4n) is 0.377. The molecule has 0 saturated carbocycles. The average Bonchev–Trinajstić information content (AvgIpc) is 1.59. The second kappa shape index (κ2) is 6.16. The van der Waals surface area contributed by atoms with E-state index in [4.69, 9.17) is 0 Å². The van der Waals surface area contributed by atoms with E-state index in [2.05, 4.69) is 0 Å². The minimum Gasteiger partial charge on any atom is -1.00 e. The molecule has 0 atom stereocenters. The van der Waals surface area contributed by atoms with Gasteiger partial charge in [0, 0.05) is 6.42 Å². The summed E-state index contributed by atoms with van der Waals surface area (Å²) in [7, 11) is 0. The second-order valence-electron chi connectivity index (χ2n) is 1.72. The van der Waals surface area contributed by atoms with E-state index in [1.165, 1.54) is 0 Å². The smallest absolute Gasteiger partial charge is 1.00 e. The topological polar surface area (TPSA) is 0 Å². The minimum absolute atomic E-state index is 0. The van der Waals surface area contributed by atoms with Crippen LogP contribution in [0.3, 0.4) is 0 Å². The van der Waals surface area contributed by atoms with E-state index in [0.717, 1.165) is 0 Å². The summed E-state index contributed by atoms with van der Waals surface area (Å²) >= 11 is 0. The van der Waals surface area contributed by atoms with Gasteiger partial charge in [0.15, 0.2) is 0 Å². The Balaban J connectivity index is -0.000000245. The summed E-state index contributed by atoms with van der Waals surface area (Å²) in [5.74, 6) is 0. The van der Waals surface area contributed by atoms with Gasteiger partial charge in [0.25, 0.3) is 0 Å². The van der Waals surface area contributed by atoms with Gasteiger partial charge >= 0.3 is 57.6 Å². The molecular weight excluding hydrogens is 156 g/mol. The van der Waals surface area contributed by atoms with Crippen molar-refractivity contribution in [1.29, 1.82) is 0 Å². The molecular formula is C5H10F3K. The first kappa shape index (κ1) is 13.0. The Morgan fingerprint density at radius 3 is 1.89 bits per heavy atom. The fraction of sp³-hybridized carbons (Fsp3) is 1.00. The normalized spacial score (nSPS) is 10.7. The summed E-state index contributed by atoms with van der Waals surface area (Å²) in [6.07, 6.45) is -3.72. The quantitative estimate of drug-likeness (QED) is 0.501. The van der Waals surface area contributed by atoms with E-state index >= 15 is 0 Å².